The number of fused-ring (bicyclic) bond motifs is 14. The van der Waals surface area contributed by atoms with E-state index >= 15 is 8.78 Å². The largest absolute Gasteiger partial charge is 0.481 e. The molecule has 8 amide bonds. The van der Waals surface area contributed by atoms with Crippen molar-refractivity contribution in [3.63, 3.8) is 0 Å². The summed E-state index contributed by atoms with van der Waals surface area (Å²) in [6, 6.07) is 20.5. The quantitative estimate of drug-likeness (QED) is 0.0450. The third-order valence-corrected chi connectivity index (χ3v) is 24.5. The SMILES string of the molecule is COC(=O)Nc1ccc2c(c1)NC(=O)[C@H](C)CCCC(C(=O)O)C1=NC2=C(Cl)C1.COC(=O)Nc1ccc2c(c1)NC(=O)[C@H](C)CCCC(C(=O)OCN1CCC[C@@]3(C1)OC(=O)Nc1ccc(Cl)c(F)c13)C1=NC2=C(Cl)C1.COC(=O)Nc1ccc2c(c1)NC(=O)[C@H](C)CCCC(C(=O)OCN1CCC[C@@]3(C1)OC(=O)Nc1ccc(Cl)c(F)c13)c1nc-2c(Cl)[nH]1. The summed E-state index contributed by atoms with van der Waals surface area (Å²) in [5.74, 6) is -7.18. The van der Waals surface area contributed by atoms with Crippen LogP contribution < -0.4 is 42.5 Å². The number of rotatable bonds is 10. The van der Waals surface area contributed by atoms with Crippen molar-refractivity contribution in [1.29, 1.82) is 0 Å². The summed E-state index contributed by atoms with van der Waals surface area (Å²) in [7, 11) is 3.74. The first-order valence-corrected chi connectivity index (χ1v) is 42.2. The maximum atomic E-state index is 15.3. The van der Waals surface area contributed by atoms with Gasteiger partial charge in [-0.15, -0.1) is 0 Å². The third-order valence-electron chi connectivity index (χ3n) is 23.0. The number of methoxy groups -OCH3 is 3. The summed E-state index contributed by atoms with van der Waals surface area (Å²) in [5.41, 5.74) is 4.42. The molecular weight excluding hydrogens is 1740 g/mol. The molecule has 40 heteroatoms. The molecule has 0 radical (unpaired) electrons. The number of ether oxygens (including phenoxy) is 7. The number of benzene rings is 5. The number of H-pyrrole nitrogens is 1. The highest BCUT2D eigenvalue weighted by molar-refractivity contribution is 6.37. The molecule has 125 heavy (non-hydrogen) atoms. The van der Waals surface area contributed by atoms with Crippen LogP contribution in [0.4, 0.5) is 78.3 Å². The van der Waals surface area contributed by atoms with Gasteiger partial charge in [-0.25, -0.2) is 37.7 Å². The van der Waals surface area contributed by atoms with E-state index < -0.39 is 94.9 Å². The molecule has 9 aliphatic rings. The number of hydrogen-bond acceptors (Lipinski definition) is 23. The number of imidazole rings is 1. The van der Waals surface area contributed by atoms with Gasteiger partial charge in [0.15, 0.2) is 22.8 Å². The number of hydrogen-bond donors (Lipinski definition) is 10. The average Bonchev–Trinajstić information content (AvgIpc) is 1.67. The molecule has 3 unspecified atom stereocenters. The molecule has 662 valence electrons. The first kappa shape index (κ1) is 91.2. The van der Waals surface area contributed by atoms with E-state index in [-0.39, 0.29) is 107 Å². The standard InChI is InChI=1S/C33H34Cl2FN5O7.C32H33Cl2FN6O7.C20H22ClN3O5/c1-17-5-3-6-20(25-14-22(35)28(38-25)19-8-7-18(37-31(44)46-2)13-24(19)39-29(17)42)30(43)47-16-41-12-4-11-33(15-41)26-23(40-32(45)48-33)10-9-21(34)27(26)36;1-16-5-3-6-19(27-39-25(26(34)40-27)18-8-7-17(36-30(44)46-2)13-22(18)37-28(16)42)29(43)47-15-41-12-4-11-32(14-41)23-21(38-31(45)48-32)10-9-20(33)24(23)35;1-10-4-3-5-13(19(26)27)16-9-14(21)17(23-16)12-7-6-11(22-20(28)29-2)8-15(12)24-18(10)25/h7-10,13,17,20H,3-6,11-12,14-16H2,1-2H3,(H,37,44)(H,39,42)(H,40,45);7-10,13,16,19H,3-6,11-12,14-15H2,1-2H3,(H,36,44)(H,37,42)(H,38,45)(H,39,40);6-8,10,13H,3-5,9H2,1-2H3,(H,22,28)(H,24,25)(H,26,27)/t17-,20?,33+;16-,19?,32+;10-,13?/m111/s1. The van der Waals surface area contributed by atoms with Crippen molar-refractivity contribution < 1.29 is 99.8 Å². The number of nitrogens with zero attached hydrogens (tertiary/aromatic N) is 5. The summed E-state index contributed by atoms with van der Waals surface area (Å²) >= 11 is 32.0. The summed E-state index contributed by atoms with van der Waals surface area (Å²) in [6.45, 7) is 6.31. The average molecular weight is 1830 g/mol. The van der Waals surface area contributed by atoms with Crippen molar-refractivity contribution in [2.75, 3.05) is 104 Å². The number of halogens is 7. The Morgan fingerprint density at radius 1 is 0.504 bits per heavy atom. The number of nitrogens with one attached hydrogen (secondary N) is 9. The minimum absolute atomic E-state index is 0.0790. The molecule has 5 aromatic carbocycles. The van der Waals surface area contributed by atoms with Gasteiger partial charge in [-0.2, -0.15) is 0 Å². The Hall–Kier alpha value is -11.5. The molecule has 2 fully saturated rings. The molecule has 6 aromatic rings. The number of amides is 8. The summed E-state index contributed by atoms with van der Waals surface area (Å²) in [5, 5.41) is 31.9. The van der Waals surface area contributed by atoms with Crippen LogP contribution in [0.3, 0.4) is 0 Å². The van der Waals surface area contributed by atoms with Crippen LogP contribution in [0, 0.1) is 41.2 Å². The van der Waals surface area contributed by atoms with Gasteiger partial charge in [-0.05, 0) is 143 Å². The predicted octanol–water partition coefficient (Wildman–Crippen LogP) is 17.5. The normalized spacial score (nSPS) is 23.0. The topological polar surface area (TPSA) is 429 Å². The Morgan fingerprint density at radius 2 is 0.888 bits per heavy atom. The number of aromatic nitrogens is 2. The van der Waals surface area contributed by atoms with Gasteiger partial charge in [0.05, 0.1) is 104 Å². The van der Waals surface area contributed by atoms with E-state index in [1.807, 2.05) is 0 Å². The summed E-state index contributed by atoms with van der Waals surface area (Å²) in [6.07, 6.45) is 3.11. The maximum absolute atomic E-state index is 15.3. The molecule has 10 heterocycles. The van der Waals surface area contributed by atoms with Crippen LogP contribution in [0.15, 0.2) is 98.9 Å². The fourth-order valence-electron chi connectivity index (χ4n) is 16.5. The van der Waals surface area contributed by atoms with Crippen molar-refractivity contribution in [3.05, 3.63) is 144 Å². The lowest BCUT2D eigenvalue weighted by molar-refractivity contribution is -0.155. The minimum atomic E-state index is -1.32. The van der Waals surface area contributed by atoms with Crippen LogP contribution in [0.5, 0.6) is 0 Å². The van der Waals surface area contributed by atoms with Crippen LogP contribution >= 0.6 is 58.0 Å². The monoisotopic (exact) mass is 1820 g/mol. The number of carbonyl (C=O) groups excluding carboxylic acids is 10. The highest BCUT2D eigenvalue weighted by atomic mass is 35.5. The van der Waals surface area contributed by atoms with E-state index in [1.165, 1.54) is 39.5 Å². The lowest BCUT2D eigenvalue weighted by Crippen LogP contribution is -2.52. The predicted molar refractivity (Wildman–Crippen MR) is 462 cm³/mol. The number of aliphatic imine (C=N–C) groups is 2. The van der Waals surface area contributed by atoms with Gasteiger partial charge >= 0.3 is 48.4 Å². The van der Waals surface area contributed by atoms with E-state index in [9.17, 15) is 57.8 Å². The van der Waals surface area contributed by atoms with Gasteiger partial charge in [0.25, 0.3) is 0 Å². The van der Waals surface area contributed by atoms with E-state index in [2.05, 4.69) is 71.7 Å². The number of allylic oxidation sites excluding steroid dienone is 2. The Balaban J connectivity index is 0.000000166. The first-order valence-electron chi connectivity index (χ1n) is 40.3. The molecule has 0 aliphatic carbocycles. The second-order valence-electron chi connectivity index (χ2n) is 31.5. The molecule has 9 aliphatic heterocycles. The van der Waals surface area contributed by atoms with Gasteiger partial charge in [0.2, 0.25) is 17.7 Å². The summed E-state index contributed by atoms with van der Waals surface area (Å²) < 4.78 is 67.7. The third kappa shape index (κ3) is 20.7. The molecule has 1 aromatic heterocycles. The molecule has 8 atom stereocenters. The minimum Gasteiger partial charge on any atom is -0.481 e. The van der Waals surface area contributed by atoms with Gasteiger partial charge in [0, 0.05) is 102 Å². The number of anilines is 8. The van der Waals surface area contributed by atoms with Crippen molar-refractivity contribution in [2.24, 2.45) is 39.6 Å². The number of carboxylic acid groups (broad SMARTS) is 1. The van der Waals surface area contributed by atoms with Crippen LogP contribution in [0.1, 0.15) is 151 Å². The number of likely N-dealkylation sites (tertiary alicyclic amines) is 2. The smallest absolute Gasteiger partial charge is 0.412 e. The van der Waals surface area contributed by atoms with Crippen molar-refractivity contribution in [3.8, 4) is 11.3 Å². The molecule has 33 nitrogen and oxygen atoms in total. The van der Waals surface area contributed by atoms with E-state index in [0.29, 0.717) is 192 Å². The van der Waals surface area contributed by atoms with E-state index in [1.54, 1.807) is 91.2 Å². The zero-order chi connectivity index (χ0) is 89.5. The number of piperidine rings is 2. The van der Waals surface area contributed by atoms with Crippen LogP contribution in [0.2, 0.25) is 15.2 Å². The molecule has 10 N–H and O–H groups in total. The van der Waals surface area contributed by atoms with Gasteiger partial charge in [-0.1, -0.05) is 98.0 Å². The second-order valence-corrected chi connectivity index (χ2v) is 33.6. The zero-order valence-electron chi connectivity index (χ0n) is 68.5. The Morgan fingerprint density at radius 3 is 1.30 bits per heavy atom. The van der Waals surface area contributed by atoms with Gasteiger partial charge in [0.1, 0.15) is 36.1 Å². The fourth-order valence-corrected chi connectivity index (χ4v) is 17.6. The van der Waals surface area contributed by atoms with Gasteiger partial charge < -0.3 is 59.2 Å². The number of esters is 2. The van der Waals surface area contributed by atoms with Crippen molar-refractivity contribution in [2.45, 2.75) is 134 Å². The van der Waals surface area contributed by atoms with E-state index in [0.717, 1.165) is 0 Å². The molecular formula is C85H89Cl5F2N14O19. The van der Waals surface area contributed by atoms with Crippen molar-refractivity contribution >= 4 is 192 Å². The number of carbonyl (C=O) groups is 11. The highest BCUT2D eigenvalue weighted by Gasteiger charge is 2.50. The number of aromatic amines is 1. The molecule has 2 saturated heterocycles. The van der Waals surface area contributed by atoms with E-state index in [4.69, 9.17) is 81.9 Å². The molecule has 15 rings (SSSR count). The lowest BCUT2D eigenvalue weighted by Gasteiger charge is -2.44. The first-order chi connectivity index (χ1) is 59.7. The Bertz CT molecular complexity index is 5480. The number of aliphatic carboxylic acids is 1. The lowest BCUT2D eigenvalue weighted by atomic mass is 9.83. The van der Waals surface area contributed by atoms with Crippen LogP contribution in [-0.2, 0) is 73.1 Å². The van der Waals surface area contributed by atoms with Crippen LogP contribution in [-0.4, -0.2) is 163 Å². The van der Waals surface area contributed by atoms with Crippen molar-refractivity contribution in [1.82, 2.24) is 19.8 Å². The zero-order valence-corrected chi connectivity index (χ0v) is 72.3. The molecule has 2 spiro atoms. The van der Waals surface area contributed by atoms with Crippen LogP contribution in [0.25, 0.3) is 22.7 Å². The maximum Gasteiger partial charge on any atom is 0.412 e. The fraction of sp³-hybridized carbons (Fsp3) is 0.412. The Labute approximate surface area is 740 Å². The molecule has 0 saturated carbocycles. The summed E-state index contributed by atoms with van der Waals surface area (Å²) in [4.78, 5) is 159. The Kier molecular flexibility index (Phi) is 28.7. The second kappa shape index (κ2) is 39.4. The highest BCUT2D eigenvalue weighted by Crippen LogP contribution is 2.49. The van der Waals surface area contributed by atoms with Gasteiger partial charge in [-0.3, -0.25) is 75.1 Å². The molecule has 6 bridgehead atoms. The number of carboxylic acids is 1.